The van der Waals surface area contributed by atoms with Crippen molar-refractivity contribution in [2.45, 2.75) is 19.4 Å². The fourth-order valence-electron chi connectivity index (χ4n) is 1.12. The molecular weight excluding hydrogens is 274 g/mol. The van der Waals surface area contributed by atoms with E-state index in [0.717, 1.165) is 9.49 Å². The second kappa shape index (κ2) is 6.40. The van der Waals surface area contributed by atoms with Gasteiger partial charge in [-0.25, -0.2) is 9.03 Å². The van der Waals surface area contributed by atoms with E-state index >= 15 is 0 Å². The van der Waals surface area contributed by atoms with Gasteiger partial charge in [0.15, 0.2) is 0 Å². The average Bonchev–Trinajstić information content (AvgIpc) is 2.62. The van der Waals surface area contributed by atoms with Gasteiger partial charge in [-0.15, -0.1) is 0 Å². The molecule has 0 N–H and O–H groups in total. The Morgan fingerprint density at radius 3 is 1.81 bits per heavy atom. The van der Waals surface area contributed by atoms with Crippen LogP contribution >= 0.6 is 16.1 Å². The largest absolute Gasteiger partial charge is 0.274 e. The van der Waals surface area contributed by atoms with Crippen molar-refractivity contribution in [2.75, 3.05) is 0 Å². The van der Waals surface area contributed by atoms with Gasteiger partial charge in [-0.2, -0.15) is 0 Å². The number of imide groups is 1. The molecule has 4 nitrogen and oxygen atoms in total. The van der Waals surface area contributed by atoms with E-state index in [0.29, 0.717) is 12.8 Å². The first-order chi connectivity index (χ1) is 7.65. The summed E-state index contributed by atoms with van der Waals surface area (Å²) in [7, 11) is 0. The number of rotatable bonds is 1. The monoisotopic (exact) mass is 284 g/mol. The number of carbonyl (C=O) groups is 2. The second-order valence-corrected chi connectivity index (χ2v) is 3.91. The Bertz CT molecular complexity index is 351. The van der Waals surface area contributed by atoms with Crippen molar-refractivity contribution in [3.05, 3.63) is 35.9 Å². The molecule has 1 aliphatic heterocycles. The Balaban J connectivity index is 0.000000160. The van der Waals surface area contributed by atoms with E-state index in [1.807, 2.05) is 30.3 Å². The standard InChI is InChI=1S/C7H7O.C4H4BrNO2/c8-6-7-4-2-1-3-5-7;5-6-3(7)1-2-4(6)8/h1-5H,6H2;1-2H2. The van der Waals surface area contributed by atoms with Gasteiger partial charge in [-0.05, 0) is 5.56 Å². The highest BCUT2D eigenvalue weighted by molar-refractivity contribution is 9.08. The third kappa shape index (κ3) is 3.75. The first-order valence-corrected chi connectivity index (χ1v) is 5.49. The lowest BCUT2D eigenvalue weighted by Crippen LogP contribution is -2.16. The van der Waals surface area contributed by atoms with Crippen molar-refractivity contribution in [1.82, 2.24) is 3.93 Å². The minimum Gasteiger partial charge on any atom is -0.274 e. The van der Waals surface area contributed by atoms with Crippen molar-refractivity contribution in [3.8, 4) is 0 Å². The molecule has 16 heavy (non-hydrogen) atoms. The molecule has 1 fully saturated rings. The molecule has 1 aliphatic rings. The summed E-state index contributed by atoms with van der Waals surface area (Å²) in [4.78, 5) is 20.9. The van der Waals surface area contributed by atoms with Crippen LogP contribution in [0.4, 0.5) is 0 Å². The molecule has 1 radical (unpaired) electrons. The second-order valence-electron chi connectivity index (χ2n) is 3.20. The van der Waals surface area contributed by atoms with Crippen LogP contribution in [0.5, 0.6) is 0 Å². The Labute approximate surface area is 102 Å². The van der Waals surface area contributed by atoms with E-state index in [4.69, 9.17) is 0 Å². The molecular formula is C11H11BrNO3. The highest BCUT2D eigenvalue weighted by Crippen LogP contribution is 2.14. The molecule has 1 saturated heterocycles. The lowest BCUT2D eigenvalue weighted by Gasteiger charge is -1.97. The number of benzene rings is 1. The Kier molecular flexibility index (Phi) is 5.14. The van der Waals surface area contributed by atoms with Crippen molar-refractivity contribution >= 4 is 28.0 Å². The summed E-state index contributed by atoms with van der Waals surface area (Å²) in [6.07, 6.45) is 0.703. The van der Waals surface area contributed by atoms with Crippen LogP contribution in [0.2, 0.25) is 0 Å². The predicted octanol–water partition coefficient (Wildman–Crippen LogP) is 2.06. The topological polar surface area (TPSA) is 57.3 Å². The number of nitrogens with zero attached hydrogens (tertiary/aromatic N) is 1. The summed E-state index contributed by atoms with van der Waals surface area (Å²) in [5, 5.41) is 10.1. The minimum absolute atomic E-state index is 0.110. The van der Waals surface area contributed by atoms with Crippen LogP contribution in [-0.2, 0) is 21.3 Å². The molecule has 0 aliphatic carbocycles. The molecule has 0 unspecified atom stereocenters. The van der Waals surface area contributed by atoms with Gasteiger partial charge in [0, 0.05) is 12.8 Å². The number of hydrogen-bond acceptors (Lipinski definition) is 2. The lowest BCUT2D eigenvalue weighted by molar-refractivity contribution is -0.131. The maximum absolute atomic E-state index is 10.4. The molecule has 0 spiro atoms. The average molecular weight is 285 g/mol. The first kappa shape index (κ1) is 12.9. The Morgan fingerprint density at radius 1 is 1.06 bits per heavy atom. The molecule has 2 amide bonds. The lowest BCUT2D eigenvalue weighted by atomic mass is 10.2. The van der Waals surface area contributed by atoms with E-state index < -0.39 is 0 Å². The highest BCUT2D eigenvalue weighted by atomic mass is 79.9. The smallest absolute Gasteiger partial charge is 0.239 e. The number of carbonyl (C=O) groups excluding carboxylic acids is 2. The van der Waals surface area contributed by atoms with Crippen molar-refractivity contribution < 1.29 is 14.7 Å². The van der Waals surface area contributed by atoms with Gasteiger partial charge >= 0.3 is 0 Å². The Morgan fingerprint density at radius 2 is 1.56 bits per heavy atom. The maximum Gasteiger partial charge on any atom is 0.239 e. The third-order valence-electron chi connectivity index (χ3n) is 2.00. The molecule has 5 heteroatoms. The summed E-state index contributed by atoms with van der Waals surface area (Å²) in [5.74, 6) is -0.287. The minimum atomic E-state index is -0.144. The summed E-state index contributed by atoms with van der Waals surface area (Å²) in [6.45, 7) is -0.110. The maximum atomic E-state index is 10.4. The first-order valence-electron chi connectivity index (χ1n) is 4.78. The Hall–Kier alpha value is -1.20. The summed E-state index contributed by atoms with van der Waals surface area (Å²) < 4.78 is 0.979. The van der Waals surface area contributed by atoms with Gasteiger partial charge < -0.3 is 0 Å². The third-order valence-corrected chi connectivity index (χ3v) is 2.79. The molecule has 1 heterocycles. The van der Waals surface area contributed by atoms with E-state index in [1.54, 1.807) is 0 Å². The highest BCUT2D eigenvalue weighted by Gasteiger charge is 2.26. The molecule has 2 rings (SSSR count). The molecule has 0 bridgehead atoms. The fraction of sp³-hybridized carbons (Fsp3) is 0.273. The molecule has 1 aromatic rings. The van der Waals surface area contributed by atoms with Gasteiger partial charge in [0.2, 0.25) is 11.8 Å². The van der Waals surface area contributed by atoms with Crippen LogP contribution < -0.4 is 0 Å². The molecule has 0 atom stereocenters. The summed E-state index contributed by atoms with van der Waals surface area (Å²) >= 11 is 2.80. The zero-order valence-corrected chi connectivity index (χ0v) is 10.1. The van der Waals surface area contributed by atoms with Crippen LogP contribution in [-0.4, -0.2) is 15.7 Å². The SMILES string of the molecule is O=C1CCC(=O)N1Br.[O]Cc1ccccc1. The van der Waals surface area contributed by atoms with E-state index in [1.165, 1.54) is 0 Å². The van der Waals surface area contributed by atoms with Gasteiger partial charge in [0.1, 0.15) is 6.61 Å². The molecule has 0 aromatic heterocycles. The van der Waals surface area contributed by atoms with Crippen LogP contribution in [0.3, 0.4) is 0 Å². The van der Waals surface area contributed by atoms with Crippen molar-refractivity contribution in [1.29, 1.82) is 0 Å². The molecule has 85 valence electrons. The number of halogens is 1. The zero-order chi connectivity index (χ0) is 12.0. The number of amides is 2. The van der Waals surface area contributed by atoms with Gasteiger partial charge in [0.25, 0.3) is 0 Å². The van der Waals surface area contributed by atoms with E-state index in [2.05, 4.69) is 16.1 Å². The van der Waals surface area contributed by atoms with Gasteiger partial charge in [0.05, 0.1) is 16.1 Å². The summed E-state index contributed by atoms with van der Waals surface area (Å²) in [5.41, 5.74) is 0.854. The van der Waals surface area contributed by atoms with Gasteiger partial charge in [-0.3, -0.25) is 9.59 Å². The fourth-order valence-corrected chi connectivity index (χ4v) is 1.48. The van der Waals surface area contributed by atoms with Crippen molar-refractivity contribution in [3.63, 3.8) is 0 Å². The zero-order valence-electron chi connectivity index (χ0n) is 8.56. The van der Waals surface area contributed by atoms with E-state index in [-0.39, 0.29) is 18.4 Å². The quantitative estimate of drug-likeness (QED) is 0.586. The molecule has 0 saturated carbocycles. The van der Waals surface area contributed by atoms with Crippen LogP contribution in [0.15, 0.2) is 30.3 Å². The van der Waals surface area contributed by atoms with Crippen LogP contribution in [0.25, 0.3) is 0 Å². The number of hydrogen-bond donors (Lipinski definition) is 0. The van der Waals surface area contributed by atoms with Crippen LogP contribution in [0, 0.1) is 0 Å². The van der Waals surface area contributed by atoms with Gasteiger partial charge in [-0.1, -0.05) is 30.3 Å². The summed E-state index contributed by atoms with van der Waals surface area (Å²) in [6, 6.07) is 9.29. The van der Waals surface area contributed by atoms with E-state index in [9.17, 15) is 14.7 Å². The normalized spacial score (nSPS) is 14.8. The molecule has 1 aromatic carbocycles. The predicted molar refractivity (Wildman–Crippen MR) is 60.8 cm³/mol. The van der Waals surface area contributed by atoms with Crippen molar-refractivity contribution in [2.24, 2.45) is 0 Å². The van der Waals surface area contributed by atoms with Crippen LogP contribution in [0.1, 0.15) is 18.4 Å².